The second-order valence-electron chi connectivity index (χ2n) is 3.86. The molecule has 19 heavy (non-hydrogen) atoms. The summed E-state index contributed by atoms with van der Waals surface area (Å²) in [6, 6.07) is 0. The minimum atomic E-state index is -4.85. The predicted molar refractivity (Wildman–Crippen MR) is 45.4 cm³/mol. The van der Waals surface area contributed by atoms with Gasteiger partial charge in [-0.3, -0.25) is 4.79 Å². The molecule has 1 aromatic heterocycles. The fourth-order valence-electron chi connectivity index (χ4n) is 2.15. The molecule has 1 aliphatic heterocycles. The average molecular weight is 457 g/mol. The van der Waals surface area contributed by atoms with Gasteiger partial charge in [0.05, 0.1) is 13.2 Å². The summed E-state index contributed by atoms with van der Waals surface area (Å²) in [5.74, 6) is -3.53. The predicted octanol–water partition coefficient (Wildman–Crippen LogP) is 0.789. The molecule has 0 amide bonds. The Balaban J connectivity index is 0.00000133. The monoisotopic (exact) mass is 458 g/mol. The maximum Gasteiger partial charge on any atom is 0.432 e. The molecule has 3 rings (SSSR count). The van der Waals surface area contributed by atoms with Crippen molar-refractivity contribution in [2.24, 2.45) is 0 Å². The number of halogens is 4. The van der Waals surface area contributed by atoms with Gasteiger partial charge in [0.1, 0.15) is 5.69 Å². The van der Waals surface area contributed by atoms with Crippen molar-refractivity contribution in [3.8, 4) is 0 Å². The number of rotatable bonds is 0. The molecule has 1 aromatic rings. The number of carbonyl (C=O) groups is 1. The van der Waals surface area contributed by atoms with Gasteiger partial charge in [-0.1, -0.05) is 5.69 Å². The van der Waals surface area contributed by atoms with Crippen molar-refractivity contribution in [1.82, 2.24) is 10.2 Å². The molecule has 1 saturated heterocycles. The number of fused-ring (bicyclic) bond motifs is 2. The third-order valence-electron chi connectivity index (χ3n) is 2.85. The quantitative estimate of drug-likeness (QED) is 0.540. The number of hydrogen-bond donors (Lipinski definition) is 0. The summed E-state index contributed by atoms with van der Waals surface area (Å²) in [5.41, 5.74) is -2.85. The Hall–Kier alpha value is -0.831. The van der Waals surface area contributed by atoms with E-state index in [4.69, 9.17) is 9.47 Å². The van der Waals surface area contributed by atoms with Crippen molar-refractivity contribution in [3.63, 3.8) is 0 Å². The van der Waals surface area contributed by atoms with Gasteiger partial charge in [0.2, 0.25) is 12.0 Å². The van der Waals surface area contributed by atoms with Crippen LogP contribution in [0.3, 0.4) is 0 Å². The third-order valence-corrected chi connectivity index (χ3v) is 2.85. The largest absolute Gasteiger partial charge is 0.572 e. The van der Waals surface area contributed by atoms with Crippen LogP contribution in [0.25, 0.3) is 0 Å². The molecule has 10 heteroatoms. The number of ether oxygens (including phenoxy) is 2. The van der Waals surface area contributed by atoms with E-state index in [1.165, 1.54) is 0 Å². The number of nitrogens with zero attached hydrogens (tertiary/aromatic N) is 2. The number of carbonyl (C=O) groups excluding carboxylic acids is 1. The first-order chi connectivity index (χ1) is 8.38. The van der Waals surface area contributed by atoms with Gasteiger partial charge in [-0.25, -0.2) is 4.39 Å². The molecule has 2 heterocycles. The maximum absolute atomic E-state index is 13.8. The summed E-state index contributed by atoms with van der Waals surface area (Å²) in [6.07, 6.45) is -7.20. The number of alkyl halides is 4. The molecule has 1 atom stereocenters. The SMILES string of the molecule is O=C1c2[n-]nc(C(F)(F)F)c2C2(OCCO2)C1F.[Ir]. The van der Waals surface area contributed by atoms with Crippen molar-refractivity contribution in [2.75, 3.05) is 13.2 Å². The zero-order chi connectivity index (χ0) is 13.1. The van der Waals surface area contributed by atoms with Crippen LogP contribution in [0.2, 0.25) is 0 Å². The van der Waals surface area contributed by atoms with E-state index < -0.39 is 40.9 Å². The van der Waals surface area contributed by atoms with E-state index in [2.05, 4.69) is 10.2 Å². The molecule has 5 nitrogen and oxygen atoms in total. The topological polar surface area (TPSA) is 62.5 Å². The number of hydrogen-bond acceptors (Lipinski definition) is 4. The fourth-order valence-corrected chi connectivity index (χ4v) is 2.15. The Bertz CT molecular complexity index is 524. The van der Waals surface area contributed by atoms with E-state index in [9.17, 15) is 22.4 Å². The number of ketones is 1. The first kappa shape index (κ1) is 14.6. The van der Waals surface area contributed by atoms with Crippen LogP contribution in [0.1, 0.15) is 21.7 Å². The van der Waals surface area contributed by atoms with Gasteiger partial charge in [-0.05, 0) is 0 Å². The van der Waals surface area contributed by atoms with Crippen LogP contribution in [0.4, 0.5) is 17.6 Å². The molecular weight excluding hydrogens is 452 g/mol. The van der Waals surface area contributed by atoms with Crippen LogP contribution in [-0.2, 0) is 41.5 Å². The van der Waals surface area contributed by atoms with Crippen LogP contribution in [0.15, 0.2) is 0 Å². The minimum Gasteiger partial charge on any atom is -0.572 e. The van der Waals surface area contributed by atoms with Crippen LogP contribution < -0.4 is 5.10 Å². The summed E-state index contributed by atoms with van der Waals surface area (Å²) in [4.78, 5) is 11.5. The third kappa shape index (κ3) is 1.78. The van der Waals surface area contributed by atoms with Crippen LogP contribution in [0.5, 0.6) is 0 Å². The van der Waals surface area contributed by atoms with Gasteiger partial charge >= 0.3 is 6.18 Å². The zero-order valence-electron chi connectivity index (χ0n) is 8.96. The average Bonchev–Trinajstić information content (AvgIpc) is 2.95. The second-order valence-corrected chi connectivity index (χ2v) is 3.86. The number of Topliss-reactive ketones (excluding diaryl/α,β-unsaturated/α-hetero) is 1. The molecule has 1 aliphatic carbocycles. The molecule has 1 fully saturated rings. The van der Waals surface area contributed by atoms with E-state index in [0.29, 0.717) is 0 Å². The van der Waals surface area contributed by atoms with E-state index in [-0.39, 0.29) is 33.3 Å². The van der Waals surface area contributed by atoms with Crippen molar-refractivity contribution in [1.29, 1.82) is 0 Å². The van der Waals surface area contributed by atoms with Crippen molar-refractivity contribution in [3.05, 3.63) is 17.0 Å². The summed E-state index contributed by atoms with van der Waals surface area (Å²) < 4.78 is 61.8. The Morgan fingerprint density at radius 1 is 1.32 bits per heavy atom. The molecule has 0 bridgehead atoms. The smallest absolute Gasteiger partial charge is 0.432 e. The van der Waals surface area contributed by atoms with E-state index >= 15 is 0 Å². The molecule has 1 unspecified atom stereocenters. The molecular formula is C9H5F4IrN2O3-. The van der Waals surface area contributed by atoms with E-state index in [0.717, 1.165) is 0 Å². The maximum atomic E-state index is 13.8. The molecule has 0 aromatic carbocycles. The molecule has 107 valence electrons. The zero-order valence-corrected chi connectivity index (χ0v) is 11.4. The normalized spacial score (nSPS) is 24.6. The minimum absolute atomic E-state index is 0. The molecule has 0 saturated carbocycles. The second kappa shape index (κ2) is 4.34. The Labute approximate surface area is 117 Å². The van der Waals surface area contributed by atoms with Crippen molar-refractivity contribution in [2.45, 2.75) is 18.1 Å². The Morgan fingerprint density at radius 3 is 2.42 bits per heavy atom. The van der Waals surface area contributed by atoms with E-state index in [1.807, 2.05) is 0 Å². The molecule has 1 radical (unpaired) electrons. The first-order valence-corrected chi connectivity index (χ1v) is 4.95. The summed E-state index contributed by atoms with van der Waals surface area (Å²) in [7, 11) is 0. The van der Waals surface area contributed by atoms with Crippen molar-refractivity contribution >= 4 is 5.78 Å². The standard InChI is InChI=1S/C9H6F4N2O3.Ir/c10-6-5(16)4-3(8(6)17-1-2-18-8)7(15-14-4)9(11,12)13;/h6H,1-2H2,(H,14,15,16);/p-1. The van der Waals surface area contributed by atoms with Crippen LogP contribution in [-0.4, -0.2) is 30.3 Å². The first-order valence-electron chi connectivity index (χ1n) is 4.95. The van der Waals surface area contributed by atoms with Gasteiger partial charge in [-0.2, -0.15) is 13.2 Å². The van der Waals surface area contributed by atoms with Gasteiger partial charge in [-0.15, -0.1) is 0 Å². The Kier molecular flexibility index (Phi) is 3.33. The van der Waals surface area contributed by atoms with Crippen molar-refractivity contribution < 1.29 is 51.9 Å². The molecule has 0 N–H and O–H groups in total. The van der Waals surface area contributed by atoms with Crippen LogP contribution in [0, 0.1) is 0 Å². The summed E-state index contributed by atoms with van der Waals surface area (Å²) >= 11 is 0. The summed E-state index contributed by atoms with van der Waals surface area (Å²) in [6.45, 7) is -0.203. The van der Waals surface area contributed by atoms with Crippen LogP contribution >= 0.6 is 0 Å². The number of aromatic nitrogens is 2. The van der Waals surface area contributed by atoms with Gasteiger partial charge in [0.15, 0.2) is 5.78 Å². The van der Waals surface area contributed by atoms with E-state index in [1.54, 1.807) is 0 Å². The van der Waals surface area contributed by atoms with Gasteiger partial charge < -0.3 is 19.7 Å². The molecule has 2 aliphatic rings. The van der Waals surface area contributed by atoms with Gasteiger partial charge in [0, 0.05) is 25.7 Å². The summed E-state index contributed by atoms with van der Waals surface area (Å²) in [5, 5.41) is 5.98. The molecule has 1 spiro atoms. The van der Waals surface area contributed by atoms with Gasteiger partial charge in [0.25, 0.3) is 0 Å². The fraction of sp³-hybridized carbons (Fsp3) is 0.556. The Morgan fingerprint density at radius 2 is 1.89 bits per heavy atom.